The molecule has 0 aliphatic rings. The van der Waals surface area contributed by atoms with Gasteiger partial charge in [-0.2, -0.15) is 0 Å². The third kappa shape index (κ3) is 2.31. The molecule has 0 aliphatic carbocycles. The Labute approximate surface area is 126 Å². The fourth-order valence-electron chi connectivity index (χ4n) is 2.21. The summed E-state index contributed by atoms with van der Waals surface area (Å²) in [5.41, 5.74) is 1.67. The fourth-order valence-corrected chi connectivity index (χ4v) is 2.21. The van der Waals surface area contributed by atoms with E-state index in [1.165, 1.54) is 0 Å². The van der Waals surface area contributed by atoms with E-state index in [0.29, 0.717) is 34.3 Å². The molecule has 3 rings (SSSR count). The summed E-state index contributed by atoms with van der Waals surface area (Å²) in [6, 6.07) is 8.90. The Bertz CT molecular complexity index is 765. The molecule has 7 nitrogen and oxygen atoms in total. The SMILES string of the molecule is COc1ccc(-n2nnc(CO)c2-c2ccco2)c(OC)c1. The number of hydrogen-bond acceptors (Lipinski definition) is 6. The van der Waals surface area contributed by atoms with Gasteiger partial charge in [-0.05, 0) is 24.3 Å². The van der Waals surface area contributed by atoms with E-state index in [1.807, 2.05) is 0 Å². The lowest BCUT2D eigenvalue weighted by atomic mass is 10.2. The zero-order valence-corrected chi connectivity index (χ0v) is 12.2. The highest BCUT2D eigenvalue weighted by Gasteiger charge is 2.20. The van der Waals surface area contributed by atoms with Crippen LogP contribution < -0.4 is 9.47 Å². The van der Waals surface area contributed by atoms with Crippen LogP contribution in [0.2, 0.25) is 0 Å². The quantitative estimate of drug-likeness (QED) is 0.776. The molecule has 0 atom stereocenters. The highest BCUT2D eigenvalue weighted by Crippen LogP contribution is 2.32. The summed E-state index contributed by atoms with van der Waals surface area (Å²) in [4.78, 5) is 0. The lowest BCUT2D eigenvalue weighted by Gasteiger charge is -2.11. The Hall–Kier alpha value is -2.80. The standard InChI is InChI=1S/C15H15N3O4/c1-20-10-5-6-12(14(8-10)21-2)18-15(11(9-19)16-17-18)13-4-3-7-22-13/h3-8,19H,9H2,1-2H3. The molecule has 22 heavy (non-hydrogen) atoms. The first kappa shape index (κ1) is 14.2. The molecule has 0 spiro atoms. The number of aromatic nitrogens is 3. The van der Waals surface area contributed by atoms with Gasteiger partial charge in [0.1, 0.15) is 28.6 Å². The molecule has 7 heteroatoms. The maximum atomic E-state index is 9.48. The summed E-state index contributed by atoms with van der Waals surface area (Å²) in [7, 11) is 3.15. The van der Waals surface area contributed by atoms with Crippen molar-refractivity contribution >= 4 is 0 Å². The Morgan fingerprint density at radius 2 is 2.09 bits per heavy atom. The first-order chi connectivity index (χ1) is 10.8. The van der Waals surface area contributed by atoms with Gasteiger partial charge < -0.3 is 19.0 Å². The van der Waals surface area contributed by atoms with Gasteiger partial charge >= 0.3 is 0 Å². The van der Waals surface area contributed by atoms with E-state index < -0.39 is 0 Å². The van der Waals surface area contributed by atoms with Crippen LogP contribution in [-0.2, 0) is 6.61 Å². The van der Waals surface area contributed by atoms with Gasteiger partial charge in [-0.3, -0.25) is 0 Å². The smallest absolute Gasteiger partial charge is 0.154 e. The average Bonchev–Trinajstić information content (AvgIpc) is 3.22. The van der Waals surface area contributed by atoms with Crippen molar-refractivity contribution in [1.29, 1.82) is 0 Å². The van der Waals surface area contributed by atoms with Crippen molar-refractivity contribution in [2.75, 3.05) is 14.2 Å². The molecule has 0 amide bonds. The molecule has 114 valence electrons. The normalized spacial score (nSPS) is 10.7. The Morgan fingerprint density at radius 1 is 1.23 bits per heavy atom. The van der Waals surface area contributed by atoms with Crippen LogP contribution in [0, 0.1) is 0 Å². The Morgan fingerprint density at radius 3 is 2.73 bits per heavy atom. The number of aliphatic hydroxyl groups excluding tert-OH is 1. The first-order valence-electron chi connectivity index (χ1n) is 6.60. The molecule has 1 N–H and O–H groups in total. The van der Waals surface area contributed by atoms with Crippen LogP contribution in [0.1, 0.15) is 5.69 Å². The molecule has 0 aliphatic heterocycles. The maximum absolute atomic E-state index is 9.48. The second-order valence-corrected chi connectivity index (χ2v) is 4.47. The molecule has 1 aromatic carbocycles. The topological polar surface area (TPSA) is 82.5 Å². The minimum atomic E-state index is -0.242. The van der Waals surface area contributed by atoms with Crippen LogP contribution in [0.5, 0.6) is 11.5 Å². The summed E-state index contributed by atoms with van der Waals surface area (Å²) in [5, 5.41) is 17.6. The predicted octanol–water partition coefficient (Wildman–Crippen LogP) is 2.04. The number of nitrogens with zero attached hydrogens (tertiary/aromatic N) is 3. The summed E-state index contributed by atoms with van der Waals surface area (Å²) >= 11 is 0. The highest BCUT2D eigenvalue weighted by atomic mass is 16.5. The molecule has 0 fully saturated rings. The van der Waals surface area contributed by atoms with Crippen molar-refractivity contribution in [1.82, 2.24) is 15.0 Å². The van der Waals surface area contributed by atoms with Gasteiger partial charge in [0, 0.05) is 6.07 Å². The number of furan rings is 1. The van der Waals surface area contributed by atoms with Gasteiger partial charge in [-0.1, -0.05) is 5.21 Å². The number of ether oxygens (including phenoxy) is 2. The molecule has 3 aromatic rings. The molecule has 0 saturated carbocycles. The van der Waals surface area contributed by atoms with Gasteiger partial charge in [-0.15, -0.1) is 5.10 Å². The van der Waals surface area contributed by atoms with Crippen LogP contribution in [0.3, 0.4) is 0 Å². The molecule has 0 unspecified atom stereocenters. The summed E-state index contributed by atoms with van der Waals surface area (Å²) < 4.78 is 17.6. The van der Waals surface area contributed by atoms with Crippen molar-refractivity contribution in [3.63, 3.8) is 0 Å². The molecular weight excluding hydrogens is 286 g/mol. The van der Waals surface area contributed by atoms with E-state index in [4.69, 9.17) is 13.9 Å². The van der Waals surface area contributed by atoms with Gasteiger partial charge in [0.05, 0.1) is 27.1 Å². The van der Waals surface area contributed by atoms with Crippen LogP contribution in [0.4, 0.5) is 0 Å². The molecule has 0 saturated heterocycles. The minimum absolute atomic E-state index is 0.242. The molecule has 2 heterocycles. The van der Waals surface area contributed by atoms with Gasteiger partial charge in [-0.25, -0.2) is 4.68 Å². The van der Waals surface area contributed by atoms with Crippen LogP contribution in [0.15, 0.2) is 41.0 Å². The van der Waals surface area contributed by atoms with Crippen molar-refractivity contribution < 1.29 is 19.0 Å². The van der Waals surface area contributed by atoms with Crippen LogP contribution >= 0.6 is 0 Å². The third-order valence-electron chi connectivity index (χ3n) is 3.26. The van der Waals surface area contributed by atoms with Crippen molar-refractivity contribution in [2.45, 2.75) is 6.61 Å². The van der Waals surface area contributed by atoms with Gasteiger partial charge in [0.25, 0.3) is 0 Å². The summed E-state index contributed by atoms with van der Waals surface area (Å²) in [6.07, 6.45) is 1.55. The zero-order valence-electron chi connectivity index (χ0n) is 12.2. The molecular formula is C15H15N3O4. The highest BCUT2D eigenvalue weighted by molar-refractivity contribution is 5.61. The Kier molecular flexibility index (Phi) is 3.80. The predicted molar refractivity (Wildman–Crippen MR) is 78.1 cm³/mol. The van der Waals surface area contributed by atoms with Crippen LogP contribution in [-0.4, -0.2) is 34.3 Å². The molecule has 2 aromatic heterocycles. The van der Waals surface area contributed by atoms with E-state index >= 15 is 0 Å². The van der Waals surface area contributed by atoms with E-state index in [-0.39, 0.29) is 6.61 Å². The van der Waals surface area contributed by atoms with Gasteiger partial charge in [0.2, 0.25) is 0 Å². The van der Waals surface area contributed by atoms with Crippen molar-refractivity contribution in [3.8, 4) is 28.6 Å². The monoisotopic (exact) mass is 301 g/mol. The second kappa shape index (κ2) is 5.90. The lowest BCUT2D eigenvalue weighted by molar-refractivity contribution is 0.277. The Balaban J connectivity index is 2.19. The lowest BCUT2D eigenvalue weighted by Crippen LogP contribution is -2.03. The molecule has 0 bridgehead atoms. The number of benzene rings is 1. The average molecular weight is 301 g/mol. The third-order valence-corrected chi connectivity index (χ3v) is 3.26. The zero-order chi connectivity index (χ0) is 15.5. The maximum Gasteiger partial charge on any atom is 0.154 e. The molecule has 0 radical (unpaired) electrons. The van der Waals surface area contributed by atoms with Gasteiger partial charge in [0.15, 0.2) is 5.76 Å². The number of rotatable bonds is 5. The van der Waals surface area contributed by atoms with E-state index in [1.54, 1.807) is 55.5 Å². The minimum Gasteiger partial charge on any atom is -0.497 e. The van der Waals surface area contributed by atoms with E-state index in [2.05, 4.69) is 10.3 Å². The number of aliphatic hydroxyl groups is 1. The number of hydrogen-bond donors (Lipinski definition) is 1. The largest absolute Gasteiger partial charge is 0.497 e. The fraction of sp³-hybridized carbons (Fsp3) is 0.200. The second-order valence-electron chi connectivity index (χ2n) is 4.47. The van der Waals surface area contributed by atoms with Crippen molar-refractivity contribution in [2.24, 2.45) is 0 Å². The summed E-state index contributed by atoms with van der Waals surface area (Å²) in [6.45, 7) is -0.242. The first-order valence-corrected chi connectivity index (χ1v) is 6.60. The van der Waals surface area contributed by atoms with E-state index in [0.717, 1.165) is 0 Å². The van der Waals surface area contributed by atoms with Crippen molar-refractivity contribution in [3.05, 3.63) is 42.3 Å². The van der Waals surface area contributed by atoms with E-state index in [9.17, 15) is 5.11 Å². The number of methoxy groups -OCH3 is 2. The summed E-state index contributed by atoms with van der Waals surface area (Å²) in [5.74, 6) is 1.80. The van der Waals surface area contributed by atoms with Crippen LogP contribution in [0.25, 0.3) is 17.1 Å².